The number of phenols is 1. The summed E-state index contributed by atoms with van der Waals surface area (Å²) >= 11 is 0. The maximum atomic E-state index is 13.4. The van der Waals surface area contributed by atoms with Gasteiger partial charge in [0.1, 0.15) is 18.1 Å². The van der Waals surface area contributed by atoms with Gasteiger partial charge < -0.3 is 19.9 Å². The third-order valence-corrected chi connectivity index (χ3v) is 7.61. The summed E-state index contributed by atoms with van der Waals surface area (Å²) in [4.78, 5) is 28.2. The van der Waals surface area contributed by atoms with E-state index in [1.807, 2.05) is 78.9 Å². The lowest BCUT2D eigenvalue weighted by Crippen LogP contribution is -2.41. The van der Waals surface area contributed by atoms with Gasteiger partial charge >= 0.3 is 0 Å². The summed E-state index contributed by atoms with van der Waals surface area (Å²) in [6.45, 7) is 5.14. The maximum absolute atomic E-state index is 13.4. The molecule has 4 rings (SSSR count). The molecule has 7 heteroatoms. The van der Waals surface area contributed by atoms with Crippen LogP contribution in [0.4, 0.5) is 5.69 Å². The van der Waals surface area contributed by atoms with Crippen molar-refractivity contribution in [2.75, 3.05) is 25.6 Å². The molecular formula is C36H40N2O5. The van der Waals surface area contributed by atoms with Crippen LogP contribution in [-0.4, -0.2) is 48.0 Å². The minimum absolute atomic E-state index is 0.0313. The van der Waals surface area contributed by atoms with E-state index in [1.54, 1.807) is 19.2 Å². The number of carbonyl (C=O) groups excluding carboxylic acids is 2. The fourth-order valence-electron chi connectivity index (χ4n) is 5.29. The highest BCUT2D eigenvalue weighted by Gasteiger charge is 2.27. The molecule has 0 aromatic heterocycles. The van der Waals surface area contributed by atoms with E-state index in [0.717, 1.165) is 28.9 Å². The van der Waals surface area contributed by atoms with Gasteiger partial charge in [-0.25, -0.2) is 0 Å². The summed E-state index contributed by atoms with van der Waals surface area (Å²) in [5.74, 6) is 0.551. The predicted octanol–water partition coefficient (Wildman–Crippen LogP) is 6.82. The Hall–Kier alpha value is -4.46. The molecule has 0 aliphatic heterocycles. The van der Waals surface area contributed by atoms with Crippen molar-refractivity contribution in [3.05, 3.63) is 125 Å². The molecule has 224 valence electrons. The van der Waals surface area contributed by atoms with Crippen LogP contribution in [0.3, 0.4) is 0 Å². The van der Waals surface area contributed by atoms with E-state index in [0.29, 0.717) is 24.4 Å². The first-order valence-electron chi connectivity index (χ1n) is 14.6. The van der Waals surface area contributed by atoms with Gasteiger partial charge in [-0.3, -0.25) is 14.5 Å². The van der Waals surface area contributed by atoms with Crippen LogP contribution in [0, 0.1) is 0 Å². The van der Waals surface area contributed by atoms with Gasteiger partial charge in [0, 0.05) is 18.2 Å². The smallest absolute Gasteiger partial charge is 0.250 e. The first kappa shape index (κ1) is 31.5. The highest BCUT2D eigenvalue weighted by atomic mass is 16.5. The van der Waals surface area contributed by atoms with Crippen LogP contribution in [0.2, 0.25) is 0 Å². The number of anilines is 1. The number of Topliss-reactive ketones (excluding diaryl/α,β-unsaturated/α-hetero) is 1. The van der Waals surface area contributed by atoms with Gasteiger partial charge in [0.25, 0.3) is 0 Å². The molecule has 2 atom stereocenters. The highest BCUT2D eigenvalue weighted by molar-refractivity contribution is 5.97. The van der Waals surface area contributed by atoms with E-state index in [9.17, 15) is 14.7 Å². The van der Waals surface area contributed by atoms with Crippen molar-refractivity contribution < 1.29 is 24.2 Å². The van der Waals surface area contributed by atoms with Crippen molar-refractivity contribution in [2.24, 2.45) is 0 Å². The molecule has 4 aromatic carbocycles. The second-order valence-electron chi connectivity index (χ2n) is 10.6. The van der Waals surface area contributed by atoms with E-state index < -0.39 is 0 Å². The third-order valence-electron chi connectivity index (χ3n) is 7.61. The summed E-state index contributed by atoms with van der Waals surface area (Å²) in [6.07, 6.45) is 0.815. The van der Waals surface area contributed by atoms with E-state index in [2.05, 4.69) is 36.2 Å². The number of carbonyl (C=O) groups is 2. The molecule has 0 radical (unpaired) electrons. The van der Waals surface area contributed by atoms with Crippen LogP contribution >= 0.6 is 0 Å². The second kappa shape index (κ2) is 15.7. The molecule has 2 unspecified atom stereocenters. The van der Waals surface area contributed by atoms with Crippen LogP contribution in [0.25, 0.3) is 0 Å². The zero-order valence-corrected chi connectivity index (χ0v) is 25.0. The number of aromatic hydroxyl groups is 1. The van der Waals surface area contributed by atoms with Gasteiger partial charge in [-0.15, -0.1) is 0 Å². The SMILES string of the molecule is CCC(C(C)c1ccc(OC)cc1)N(CC(=O)c1ccccc1)Cc1ccc(O)c(NC(=O)COCc2ccccc2)c1. The lowest BCUT2D eigenvalue weighted by Gasteiger charge is -2.35. The van der Waals surface area contributed by atoms with E-state index >= 15 is 0 Å². The van der Waals surface area contributed by atoms with Gasteiger partial charge in [-0.2, -0.15) is 0 Å². The molecule has 0 aliphatic carbocycles. The number of nitrogens with one attached hydrogen (secondary N) is 1. The fraction of sp³-hybridized carbons (Fsp3) is 0.278. The van der Waals surface area contributed by atoms with E-state index in [-0.39, 0.29) is 42.6 Å². The fourth-order valence-corrected chi connectivity index (χ4v) is 5.29. The number of nitrogens with zero attached hydrogens (tertiary/aromatic N) is 1. The predicted molar refractivity (Wildman–Crippen MR) is 170 cm³/mol. The molecule has 2 N–H and O–H groups in total. The zero-order valence-electron chi connectivity index (χ0n) is 25.0. The van der Waals surface area contributed by atoms with Crippen LogP contribution in [0.1, 0.15) is 53.2 Å². The first-order valence-corrected chi connectivity index (χ1v) is 14.6. The number of methoxy groups -OCH3 is 1. The molecule has 0 fully saturated rings. The van der Waals surface area contributed by atoms with E-state index in [1.165, 1.54) is 0 Å². The zero-order chi connectivity index (χ0) is 30.6. The maximum Gasteiger partial charge on any atom is 0.250 e. The summed E-state index contributed by atoms with van der Waals surface area (Å²) < 4.78 is 10.9. The highest BCUT2D eigenvalue weighted by Crippen LogP contribution is 2.30. The molecule has 0 spiro atoms. The van der Waals surface area contributed by atoms with Crippen LogP contribution in [-0.2, 0) is 22.7 Å². The van der Waals surface area contributed by atoms with Crippen molar-refractivity contribution in [3.8, 4) is 11.5 Å². The van der Waals surface area contributed by atoms with Crippen molar-refractivity contribution in [1.29, 1.82) is 0 Å². The number of rotatable bonds is 15. The number of amides is 1. The van der Waals surface area contributed by atoms with E-state index in [4.69, 9.17) is 9.47 Å². The molecule has 7 nitrogen and oxygen atoms in total. The summed E-state index contributed by atoms with van der Waals surface area (Å²) in [5.41, 5.74) is 3.95. The Kier molecular flexibility index (Phi) is 11.5. The van der Waals surface area contributed by atoms with Crippen molar-refractivity contribution in [3.63, 3.8) is 0 Å². The van der Waals surface area contributed by atoms with Crippen molar-refractivity contribution in [1.82, 2.24) is 4.90 Å². The Morgan fingerprint density at radius 2 is 1.56 bits per heavy atom. The van der Waals surface area contributed by atoms with Gasteiger partial charge in [0.2, 0.25) is 5.91 Å². The molecular weight excluding hydrogens is 540 g/mol. The Morgan fingerprint density at radius 1 is 0.884 bits per heavy atom. The molecule has 1 amide bonds. The van der Waals surface area contributed by atoms with Crippen LogP contribution < -0.4 is 10.1 Å². The number of ether oxygens (including phenoxy) is 2. The lowest BCUT2D eigenvalue weighted by atomic mass is 9.89. The number of phenolic OH excluding ortho intramolecular Hbond substituents is 1. The molecule has 0 saturated heterocycles. The van der Waals surface area contributed by atoms with Crippen LogP contribution in [0.5, 0.6) is 11.5 Å². The molecule has 0 bridgehead atoms. The largest absolute Gasteiger partial charge is 0.506 e. The van der Waals surface area contributed by atoms with Gasteiger partial charge in [0.05, 0.1) is 25.9 Å². The molecule has 43 heavy (non-hydrogen) atoms. The van der Waals surface area contributed by atoms with Crippen molar-refractivity contribution in [2.45, 2.75) is 45.4 Å². The van der Waals surface area contributed by atoms with Gasteiger partial charge in [0.15, 0.2) is 5.78 Å². The number of hydrogen-bond acceptors (Lipinski definition) is 6. The number of hydrogen-bond donors (Lipinski definition) is 2. The van der Waals surface area contributed by atoms with Crippen LogP contribution in [0.15, 0.2) is 103 Å². The number of benzene rings is 4. The standard InChI is InChI=1S/C36H40N2O5/c1-4-33(26(2)29-16-18-31(42-3)19-17-29)38(23-35(40)30-13-9-6-10-14-30)22-28-15-20-34(39)32(21-28)37-36(41)25-43-24-27-11-7-5-8-12-27/h5-21,26,33,39H,4,22-25H2,1-3H3,(H,37,41). The summed E-state index contributed by atoms with van der Waals surface area (Å²) in [7, 11) is 1.65. The lowest BCUT2D eigenvalue weighted by molar-refractivity contribution is -0.121. The number of ketones is 1. The average Bonchev–Trinajstić information content (AvgIpc) is 3.03. The molecule has 4 aromatic rings. The summed E-state index contributed by atoms with van der Waals surface area (Å²) in [6, 6.07) is 32.2. The minimum atomic E-state index is -0.362. The molecule has 0 heterocycles. The van der Waals surface area contributed by atoms with Gasteiger partial charge in [-0.05, 0) is 53.3 Å². The average molecular weight is 581 g/mol. The third kappa shape index (κ3) is 9.01. The Morgan fingerprint density at radius 3 is 2.21 bits per heavy atom. The molecule has 0 saturated carbocycles. The summed E-state index contributed by atoms with van der Waals surface area (Å²) in [5, 5.41) is 13.3. The monoisotopic (exact) mass is 580 g/mol. The Labute approximate surface area is 254 Å². The quantitative estimate of drug-likeness (QED) is 0.118. The normalized spacial score (nSPS) is 12.5. The Balaban J connectivity index is 1.51. The van der Waals surface area contributed by atoms with Crippen molar-refractivity contribution >= 4 is 17.4 Å². The second-order valence-corrected chi connectivity index (χ2v) is 10.6. The minimum Gasteiger partial charge on any atom is -0.506 e. The topological polar surface area (TPSA) is 88.1 Å². The Bertz CT molecular complexity index is 1460. The van der Waals surface area contributed by atoms with Gasteiger partial charge in [-0.1, -0.05) is 92.7 Å². The molecule has 0 aliphatic rings. The first-order chi connectivity index (χ1) is 20.9.